The zero-order valence-electron chi connectivity index (χ0n) is 22.5. The van der Waals surface area contributed by atoms with Crippen molar-refractivity contribution in [2.24, 2.45) is 55.3 Å². The monoisotopic (exact) mass is 476 g/mol. The molecule has 11 rings (SSSR count). The van der Waals surface area contributed by atoms with E-state index in [1.54, 1.807) is 0 Å². The van der Waals surface area contributed by atoms with Crippen LogP contribution in [0.15, 0.2) is 46.4 Å². The minimum Gasteiger partial charge on any atom is -0.278 e. The summed E-state index contributed by atoms with van der Waals surface area (Å²) in [5, 5.41) is 2.75. The average molecular weight is 477 g/mol. The molecule has 2 aromatic carbocycles. The number of aliphatic imine (C=N–C) groups is 2. The third-order valence-electron chi connectivity index (χ3n) is 13.6. The van der Waals surface area contributed by atoms with Crippen molar-refractivity contribution in [2.45, 2.75) is 91.1 Å². The van der Waals surface area contributed by atoms with E-state index in [4.69, 9.17) is 9.98 Å². The molecule has 0 amide bonds. The van der Waals surface area contributed by atoms with Crippen LogP contribution in [0.5, 0.6) is 0 Å². The Morgan fingerprint density at radius 1 is 0.667 bits per heavy atom. The first-order chi connectivity index (χ1) is 17.3. The first-order valence-electron chi connectivity index (χ1n) is 14.9. The largest absolute Gasteiger partial charge is 0.278 e. The molecule has 2 heteroatoms. The molecule has 0 heterocycles. The highest BCUT2D eigenvalue weighted by molar-refractivity contribution is 6.61. The van der Waals surface area contributed by atoms with Crippen LogP contribution in [0.4, 0.5) is 0 Å². The minimum atomic E-state index is 0.480. The van der Waals surface area contributed by atoms with Crippen LogP contribution in [-0.2, 0) is 0 Å². The van der Waals surface area contributed by atoms with Gasteiger partial charge in [-0.05, 0) is 102 Å². The maximum atomic E-state index is 5.68. The summed E-state index contributed by atoms with van der Waals surface area (Å²) in [4.78, 5) is 11.4. The fourth-order valence-electron chi connectivity index (χ4n) is 11.0. The van der Waals surface area contributed by atoms with Crippen molar-refractivity contribution < 1.29 is 0 Å². The normalized spacial score (nSPS) is 47.9. The Morgan fingerprint density at radius 3 is 1.56 bits per heavy atom. The van der Waals surface area contributed by atoms with Gasteiger partial charge in [-0.25, -0.2) is 0 Å². The van der Waals surface area contributed by atoms with Gasteiger partial charge < -0.3 is 0 Å². The van der Waals surface area contributed by atoms with E-state index in [-0.39, 0.29) is 0 Å². The number of nitrogens with zero attached hydrogens (tertiary/aromatic N) is 2. The van der Waals surface area contributed by atoms with E-state index in [2.05, 4.69) is 64.1 Å². The summed E-state index contributed by atoms with van der Waals surface area (Å²) in [5.41, 5.74) is 7.20. The average Bonchev–Trinajstić information content (AvgIpc) is 3.70. The van der Waals surface area contributed by atoms with Crippen molar-refractivity contribution in [2.75, 3.05) is 0 Å². The molecule has 9 aliphatic rings. The van der Waals surface area contributed by atoms with Crippen LogP contribution in [-0.4, -0.2) is 23.5 Å². The molecule has 2 aromatic rings. The molecule has 4 bridgehead atoms. The standard InChI is InChI=1S/C34H40N2/c1-31(2)20-11-13-33(24(31)15-20)17-26(33)35-29-22-9-5-7-19-8-6-10-23(28(19)22)30(29)36-27-18-34(27)14-12-21-16-25(34)32(21,3)4/h5-10,20-21,24-27H,11-18H2,1-4H3/t20-,21-,24+,25+,26-,27-,33+,34+/m1/s1. The van der Waals surface area contributed by atoms with Crippen LogP contribution in [0.25, 0.3) is 10.8 Å². The molecule has 0 unspecified atom stereocenters. The Balaban J connectivity index is 1.13. The highest BCUT2D eigenvalue weighted by atomic mass is 15.0. The number of benzene rings is 2. The van der Waals surface area contributed by atoms with Crippen molar-refractivity contribution in [1.82, 2.24) is 0 Å². The molecule has 0 radical (unpaired) electrons. The molecule has 0 saturated heterocycles. The summed E-state index contributed by atoms with van der Waals surface area (Å²) in [6.45, 7) is 10.2. The molecule has 36 heavy (non-hydrogen) atoms. The summed E-state index contributed by atoms with van der Waals surface area (Å²) in [5.74, 6) is 3.67. The van der Waals surface area contributed by atoms with E-state index in [0.29, 0.717) is 33.7 Å². The maximum absolute atomic E-state index is 5.68. The van der Waals surface area contributed by atoms with E-state index in [0.717, 1.165) is 23.7 Å². The first kappa shape index (κ1) is 21.0. The van der Waals surface area contributed by atoms with Gasteiger partial charge in [-0.2, -0.15) is 0 Å². The van der Waals surface area contributed by atoms with Gasteiger partial charge in [0.15, 0.2) is 0 Å². The molecule has 8 fully saturated rings. The van der Waals surface area contributed by atoms with Gasteiger partial charge in [0, 0.05) is 16.5 Å². The summed E-state index contributed by atoms with van der Waals surface area (Å²) in [6, 6.07) is 14.7. The van der Waals surface area contributed by atoms with Gasteiger partial charge in [0.2, 0.25) is 0 Å². The van der Waals surface area contributed by atoms with Gasteiger partial charge >= 0.3 is 0 Å². The van der Waals surface area contributed by atoms with Gasteiger partial charge in [-0.1, -0.05) is 64.1 Å². The summed E-state index contributed by atoms with van der Waals surface area (Å²) in [7, 11) is 0. The summed E-state index contributed by atoms with van der Waals surface area (Å²) < 4.78 is 0. The van der Waals surface area contributed by atoms with Crippen LogP contribution in [0, 0.1) is 45.3 Å². The first-order valence-corrected chi connectivity index (χ1v) is 14.9. The molecular formula is C34H40N2. The van der Waals surface area contributed by atoms with E-state index >= 15 is 0 Å². The highest BCUT2D eigenvalue weighted by Gasteiger charge is 2.71. The minimum absolute atomic E-state index is 0.480. The lowest BCUT2D eigenvalue weighted by molar-refractivity contribution is -0.118. The molecule has 0 N–H and O–H groups in total. The lowest BCUT2D eigenvalue weighted by Crippen LogP contribution is -2.54. The van der Waals surface area contributed by atoms with Gasteiger partial charge in [0.1, 0.15) is 0 Å². The Morgan fingerprint density at radius 2 is 1.14 bits per heavy atom. The molecule has 9 aliphatic carbocycles. The van der Waals surface area contributed by atoms with Crippen molar-refractivity contribution >= 4 is 22.2 Å². The maximum Gasteiger partial charge on any atom is 0.0915 e. The predicted octanol–water partition coefficient (Wildman–Crippen LogP) is 7.86. The third-order valence-corrected chi connectivity index (χ3v) is 13.6. The quantitative estimate of drug-likeness (QED) is 0.421. The van der Waals surface area contributed by atoms with Gasteiger partial charge in [0.25, 0.3) is 0 Å². The zero-order chi connectivity index (χ0) is 24.2. The van der Waals surface area contributed by atoms with E-state index in [9.17, 15) is 0 Å². The van der Waals surface area contributed by atoms with Crippen molar-refractivity contribution in [3.05, 3.63) is 47.5 Å². The van der Waals surface area contributed by atoms with E-state index in [1.807, 2.05) is 0 Å². The van der Waals surface area contributed by atoms with Crippen LogP contribution < -0.4 is 0 Å². The van der Waals surface area contributed by atoms with Crippen LogP contribution in [0.1, 0.15) is 90.2 Å². The number of hydrogen-bond acceptors (Lipinski definition) is 2. The Labute approximate surface area is 216 Å². The lowest BCUT2D eigenvalue weighted by Gasteiger charge is -2.61. The molecule has 8 saturated carbocycles. The second-order valence-electron chi connectivity index (χ2n) is 15.3. The smallest absolute Gasteiger partial charge is 0.0915 e. The molecule has 2 nitrogen and oxygen atoms in total. The molecule has 0 aromatic heterocycles. The van der Waals surface area contributed by atoms with Gasteiger partial charge in [-0.3, -0.25) is 9.98 Å². The molecule has 8 atom stereocenters. The van der Waals surface area contributed by atoms with Crippen molar-refractivity contribution in [1.29, 1.82) is 0 Å². The molecule has 0 aliphatic heterocycles. The topological polar surface area (TPSA) is 24.7 Å². The summed E-state index contributed by atoms with van der Waals surface area (Å²) in [6.07, 6.45) is 11.2. The molecular weight excluding hydrogens is 436 g/mol. The van der Waals surface area contributed by atoms with Crippen molar-refractivity contribution in [3.8, 4) is 0 Å². The number of hydrogen-bond donors (Lipinski definition) is 0. The van der Waals surface area contributed by atoms with Gasteiger partial charge in [-0.15, -0.1) is 0 Å². The lowest BCUT2D eigenvalue weighted by atomic mass is 9.44. The second-order valence-corrected chi connectivity index (χ2v) is 15.3. The Bertz CT molecular complexity index is 1300. The fourth-order valence-corrected chi connectivity index (χ4v) is 11.0. The molecule has 186 valence electrons. The Hall–Kier alpha value is -1.96. The number of fused-ring (bicyclic) bond motifs is 2. The third kappa shape index (κ3) is 2.29. The predicted molar refractivity (Wildman–Crippen MR) is 148 cm³/mol. The molecule has 2 spiro atoms. The number of rotatable bonds is 2. The van der Waals surface area contributed by atoms with Crippen LogP contribution in [0.2, 0.25) is 0 Å². The SMILES string of the molecule is CC1(C)[C@@H]2CC[C@]3(C[C@H]3N=C3C(=N[C@@H]4C[C@]45CC[C@@H]4C[C@H]5C4(C)C)c4cccc5cccc3c45)[C@H]1C2. The zero-order valence-corrected chi connectivity index (χ0v) is 22.5. The van der Waals surface area contributed by atoms with Crippen LogP contribution in [0.3, 0.4) is 0 Å². The van der Waals surface area contributed by atoms with Crippen molar-refractivity contribution in [3.63, 3.8) is 0 Å². The second kappa shape index (κ2) is 6.19. The fraction of sp³-hybridized carbons (Fsp3) is 0.647. The van der Waals surface area contributed by atoms with E-state index in [1.165, 1.54) is 84.7 Å². The summed E-state index contributed by atoms with van der Waals surface area (Å²) >= 11 is 0. The Kier molecular flexibility index (Phi) is 3.61. The highest BCUT2D eigenvalue weighted by Crippen LogP contribution is 2.76. The van der Waals surface area contributed by atoms with E-state index < -0.39 is 0 Å². The van der Waals surface area contributed by atoms with Crippen LogP contribution >= 0.6 is 0 Å². The van der Waals surface area contributed by atoms with Gasteiger partial charge in [0.05, 0.1) is 23.5 Å².